The first-order valence-corrected chi connectivity index (χ1v) is 24.2. The third-order valence-corrected chi connectivity index (χ3v) is 14.5. The van der Waals surface area contributed by atoms with Crippen LogP contribution in [-0.2, 0) is 5.41 Å². The molecule has 1 aliphatic rings. The molecule has 0 atom stereocenters. The van der Waals surface area contributed by atoms with Crippen LogP contribution in [0.2, 0.25) is 0 Å². The molecule has 0 spiro atoms. The molecular formula is C68H48N2. The molecule has 1 heterocycles. The first-order chi connectivity index (χ1) is 34.6. The molecule has 0 saturated heterocycles. The van der Waals surface area contributed by atoms with Crippen molar-refractivity contribution < 1.29 is 0 Å². The smallest absolute Gasteiger partial charge is 0.0714 e. The van der Waals surface area contributed by atoms with Crippen LogP contribution in [0.3, 0.4) is 0 Å². The number of aromatic nitrogens is 1. The van der Waals surface area contributed by atoms with Gasteiger partial charge in [-0.15, -0.1) is 0 Å². The third-order valence-electron chi connectivity index (χ3n) is 14.5. The van der Waals surface area contributed by atoms with Crippen molar-refractivity contribution in [3.05, 3.63) is 301 Å². The van der Waals surface area contributed by atoms with Crippen LogP contribution >= 0.6 is 0 Å². The molecule has 0 unspecified atom stereocenters. The maximum atomic E-state index is 2.45. The average molecular weight is 893 g/mol. The van der Waals surface area contributed by atoms with Crippen LogP contribution in [0.1, 0.15) is 27.8 Å². The van der Waals surface area contributed by atoms with Crippen LogP contribution in [0.4, 0.5) is 17.1 Å². The van der Waals surface area contributed by atoms with Crippen molar-refractivity contribution in [1.82, 2.24) is 4.57 Å². The van der Waals surface area contributed by atoms with E-state index in [2.05, 4.69) is 289 Å². The van der Waals surface area contributed by atoms with E-state index < -0.39 is 5.41 Å². The number of fused-ring (bicyclic) bond motifs is 6. The summed E-state index contributed by atoms with van der Waals surface area (Å²) in [6.45, 7) is 2.16. The molecule has 12 aromatic rings. The second kappa shape index (κ2) is 17.0. The van der Waals surface area contributed by atoms with Gasteiger partial charge in [-0.2, -0.15) is 0 Å². The van der Waals surface area contributed by atoms with Gasteiger partial charge in [0.2, 0.25) is 0 Å². The number of hydrogen-bond acceptors (Lipinski definition) is 1. The second-order valence-electron chi connectivity index (χ2n) is 18.6. The number of benzene rings is 11. The molecule has 11 aromatic carbocycles. The number of aryl methyl sites for hydroxylation is 1. The van der Waals surface area contributed by atoms with Crippen molar-refractivity contribution in [3.63, 3.8) is 0 Å². The quantitative estimate of drug-likeness (QED) is 0.140. The number of rotatable bonds is 9. The first-order valence-electron chi connectivity index (χ1n) is 24.2. The summed E-state index contributed by atoms with van der Waals surface area (Å²) in [5.74, 6) is 0. The molecule has 0 amide bonds. The second-order valence-corrected chi connectivity index (χ2v) is 18.6. The van der Waals surface area contributed by atoms with Gasteiger partial charge in [0.25, 0.3) is 0 Å². The van der Waals surface area contributed by atoms with Crippen molar-refractivity contribution in [2.45, 2.75) is 12.3 Å². The molecule has 0 bridgehead atoms. The minimum Gasteiger partial charge on any atom is -0.310 e. The zero-order chi connectivity index (χ0) is 46.6. The van der Waals surface area contributed by atoms with Gasteiger partial charge in [-0.05, 0) is 146 Å². The Kier molecular flexibility index (Phi) is 9.99. The standard InChI is InChI=1S/C68H48N2/c1-47-31-36-56(37-32-47)69(59-40-41-61-60-27-11-13-29-64(60)68(65(61)46-59,54-22-7-3-8-23-54)55-24-9-4-10-25-55)58-26-16-21-52(44-58)50-19-15-20-51(43-50)53-35-42-67-63(45-53)62-28-12-14-30-66(62)70(67)57-38-33-49(34-39-57)48-17-5-2-6-18-48/h2-46H,1H3. The van der Waals surface area contributed by atoms with Crippen LogP contribution in [0.25, 0.3) is 72.0 Å². The summed E-state index contributed by atoms with van der Waals surface area (Å²) in [6, 6.07) is 100. The molecular weight excluding hydrogens is 845 g/mol. The van der Waals surface area contributed by atoms with Gasteiger partial charge >= 0.3 is 0 Å². The lowest BCUT2D eigenvalue weighted by atomic mass is 9.67. The predicted octanol–water partition coefficient (Wildman–Crippen LogP) is 17.9. The highest BCUT2D eigenvalue weighted by atomic mass is 15.1. The predicted molar refractivity (Wildman–Crippen MR) is 294 cm³/mol. The normalized spacial score (nSPS) is 12.5. The van der Waals surface area contributed by atoms with Crippen molar-refractivity contribution >= 4 is 38.9 Å². The van der Waals surface area contributed by atoms with Gasteiger partial charge < -0.3 is 9.47 Å². The third kappa shape index (κ3) is 6.79. The van der Waals surface area contributed by atoms with Gasteiger partial charge in [0.05, 0.1) is 16.4 Å². The van der Waals surface area contributed by atoms with Crippen LogP contribution in [0.5, 0.6) is 0 Å². The molecule has 0 fully saturated rings. The zero-order valence-corrected chi connectivity index (χ0v) is 38.9. The molecule has 0 radical (unpaired) electrons. The SMILES string of the molecule is Cc1ccc(N(c2cccc(-c3cccc(-c4ccc5c(c4)c4ccccc4n5-c4ccc(-c5ccccc5)cc4)c3)c2)c2ccc3c(c2)C(c2ccccc2)(c2ccccc2)c2ccccc2-3)cc1. The fraction of sp³-hybridized carbons (Fsp3) is 0.0294. The van der Waals surface area contributed by atoms with E-state index in [0.717, 1.165) is 28.3 Å². The number of nitrogens with zero attached hydrogens (tertiary/aromatic N) is 2. The van der Waals surface area contributed by atoms with E-state index in [-0.39, 0.29) is 0 Å². The molecule has 70 heavy (non-hydrogen) atoms. The highest BCUT2D eigenvalue weighted by Crippen LogP contribution is 2.57. The largest absolute Gasteiger partial charge is 0.310 e. The summed E-state index contributed by atoms with van der Waals surface area (Å²) < 4.78 is 2.40. The molecule has 1 aromatic heterocycles. The topological polar surface area (TPSA) is 8.17 Å². The number of hydrogen-bond donors (Lipinski definition) is 0. The van der Waals surface area contributed by atoms with Gasteiger partial charge in [-0.3, -0.25) is 0 Å². The summed E-state index contributed by atoms with van der Waals surface area (Å²) >= 11 is 0. The lowest BCUT2D eigenvalue weighted by molar-refractivity contribution is 0.768. The maximum Gasteiger partial charge on any atom is 0.0714 e. The van der Waals surface area contributed by atoms with Gasteiger partial charge in [-0.1, -0.05) is 206 Å². The van der Waals surface area contributed by atoms with E-state index in [9.17, 15) is 0 Å². The Morgan fingerprint density at radius 2 is 0.829 bits per heavy atom. The fourth-order valence-corrected chi connectivity index (χ4v) is 11.3. The molecule has 0 saturated carbocycles. The Labute approximate surface area is 409 Å². The van der Waals surface area contributed by atoms with E-state index >= 15 is 0 Å². The van der Waals surface area contributed by atoms with Crippen LogP contribution < -0.4 is 4.90 Å². The Morgan fingerprint density at radius 3 is 1.56 bits per heavy atom. The van der Waals surface area contributed by atoms with Crippen LogP contribution in [0, 0.1) is 6.92 Å². The minimum atomic E-state index is -0.502. The molecule has 2 heteroatoms. The minimum absolute atomic E-state index is 0.502. The van der Waals surface area contributed by atoms with Crippen molar-refractivity contribution in [1.29, 1.82) is 0 Å². The van der Waals surface area contributed by atoms with E-state index in [1.807, 2.05) is 0 Å². The maximum absolute atomic E-state index is 2.45. The average Bonchev–Trinajstić information content (AvgIpc) is 3.92. The van der Waals surface area contributed by atoms with Gasteiger partial charge in [-0.25, -0.2) is 0 Å². The summed E-state index contributed by atoms with van der Waals surface area (Å²) in [4.78, 5) is 2.43. The molecule has 13 rings (SSSR count). The van der Waals surface area contributed by atoms with Gasteiger partial charge in [0.1, 0.15) is 0 Å². The molecule has 0 N–H and O–H groups in total. The lowest BCUT2D eigenvalue weighted by Gasteiger charge is -2.35. The van der Waals surface area contributed by atoms with E-state index in [0.29, 0.717) is 0 Å². The first kappa shape index (κ1) is 41.2. The molecule has 0 aliphatic heterocycles. The number of anilines is 3. The summed E-state index contributed by atoms with van der Waals surface area (Å²) in [5.41, 5.74) is 22.4. The Hall–Kier alpha value is -8.98. The summed E-state index contributed by atoms with van der Waals surface area (Å²) in [6.07, 6.45) is 0. The highest BCUT2D eigenvalue weighted by molar-refractivity contribution is 6.10. The molecule has 330 valence electrons. The summed E-state index contributed by atoms with van der Waals surface area (Å²) in [5, 5.41) is 2.48. The Morgan fingerprint density at radius 1 is 0.314 bits per heavy atom. The molecule has 2 nitrogen and oxygen atoms in total. The van der Waals surface area contributed by atoms with Crippen LogP contribution in [0.15, 0.2) is 273 Å². The Balaban J connectivity index is 0.906. The Bertz CT molecular complexity index is 3830. The van der Waals surface area contributed by atoms with Crippen molar-refractivity contribution in [2.75, 3.05) is 4.90 Å². The summed E-state index contributed by atoms with van der Waals surface area (Å²) in [7, 11) is 0. The fourth-order valence-electron chi connectivity index (χ4n) is 11.3. The van der Waals surface area contributed by atoms with Gasteiger partial charge in [0, 0.05) is 33.5 Å². The molecule has 1 aliphatic carbocycles. The van der Waals surface area contributed by atoms with Crippen molar-refractivity contribution in [2.24, 2.45) is 0 Å². The monoisotopic (exact) mass is 892 g/mol. The zero-order valence-electron chi connectivity index (χ0n) is 38.9. The van der Waals surface area contributed by atoms with E-state index in [4.69, 9.17) is 0 Å². The number of para-hydroxylation sites is 1. The van der Waals surface area contributed by atoms with Gasteiger partial charge in [0.15, 0.2) is 0 Å². The lowest BCUT2D eigenvalue weighted by Crippen LogP contribution is -2.28. The van der Waals surface area contributed by atoms with Crippen LogP contribution in [-0.4, -0.2) is 4.57 Å². The van der Waals surface area contributed by atoms with Crippen molar-refractivity contribution in [3.8, 4) is 50.2 Å². The van der Waals surface area contributed by atoms with E-state index in [1.54, 1.807) is 0 Å². The highest BCUT2D eigenvalue weighted by Gasteiger charge is 2.46. The van der Waals surface area contributed by atoms with E-state index in [1.165, 1.54) is 88.6 Å².